The van der Waals surface area contributed by atoms with E-state index in [1.165, 1.54) is 5.56 Å². The number of aliphatic hydroxyl groups is 1. The van der Waals surface area contributed by atoms with Crippen LogP contribution in [0.4, 0.5) is 0 Å². The third-order valence-corrected chi connectivity index (χ3v) is 3.52. The Morgan fingerprint density at radius 3 is 1.95 bits per heavy atom. The van der Waals surface area contributed by atoms with Crippen molar-refractivity contribution in [1.82, 2.24) is 0 Å². The Balaban J connectivity index is 2.24. The Labute approximate surface area is 114 Å². The third kappa shape index (κ3) is 3.03. The molecule has 2 aromatic rings. The predicted octanol–water partition coefficient (Wildman–Crippen LogP) is 3.81. The van der Waals surface area contributed by atoms with Crippen molar-refractivity contribution in [3.8, 4) is 11.1 Å². The Morgan fingerprint density at radius 2 is 1.42 bits per heavy atom. The molecule has 100 valence electrons. The Kier molecular flexibility index (Phi) is 4.03. The number of hydrogen-bond acceptors (Lipinski definition) is 2. The number of methoxy groups -OCH3 is 1. The van der Waals surface area contributed by atoms with Crippen molar-refractivity contribution >= 4 is 0 Å². The van der Waals surface area contributed by atoms with Gasteiger partial charge in [-0.15, -0.1) is 0 Å². The van der Waals surface area contributed by atoms with E-state index in [0.29, 0.717) is 0 Å². The molecule has 0 amide bonds. The molecule has 2 aromatic carbocycles. The van der Waals surface area contributed by atoms with Crippen molar-refractivity contribution < 1.29 is 9.84 Å². The summed E-state index contributed by atoms with van der Waals surface area (Å²) in [5.41, 5.74) is 2.60. The molecule has 19 heavy (non-hydrogen) atoms. The molecule has 0 saturated carbocycles. The van der Waals surface area contributed by atoms with Crippen molar-refractivity contribution in [3.63, 3.8) is 0 Å². The summed E-state index contributed by atoms with van der Waals surface area (Å²) in [5, 5.41) is 10.3. The van der Waals surface area contributed by atoms with Gasteiger partial charge in [0.05, 0.1) is 5.60 Å². The lowest BCUT2D eigenvalue weighted by Crippen LogP contribution is -2.31. The number of ether oxygens (including phenoxy) is 1. The zero-order valence-corrected chi connectivity index (χ0v) is 11.6. The quantitative estimate of drug-likeness (QED) is 0.901. The number of benzene rings is 2. The summed E-state index contributed by atoms with van der Waals surface area (Å²) in [6.45, 7) is 3.76. The first-order chi connectivity index (χ1) is 9.04. The van der Waals surface area contributed by atoms with Crippen LogP contribution >= 0.6 is 0 Å². The summed E-state index contributed by atoms with van der Waals surface area (Å²) < 4.78 is 5.32. The molecule has 2 rings (SSSR count). The smallest absolute Gasteiger partial charge is 0.107 e. The lowest BCUT2D eigenvalue weighted by molar-refractivity contribution is -0.0793. The van der Waals surface area contributed by atoms with Crippen molar-refractivity contribution in [3.05, 3.63) is 60.2 Å². The second-order valence-electron chi connectivity index (χ2n) is 5.20. The van der Waals surface area contributed by atoms with E-state index in [0.717, 1.165) is 11.1 Å². The Morgan fingerprint density at radius 1 is 0.895 bits per heavy atom. The lowest BCUT2D eigenvalue weighted by atomic mass is 9.93. The summed E-state index contributed by atoms with van der Waals surface area (Å²) >= 11 is 0. The van der Waals surface area contributed by atoms with Gasteiger partial charge >= 0.3 is 0 Å². The topological polar surface area (TPSA) is 29.5 Å². The minimum absolute atomic E-state index is 0.589. The first-order valence-electron chi connectivity index (χ1n) is 6.43. The van der Waals surface area contributed by atoms with Gasteiger partial charge in [0.1, 0.15) is 6.10 Å². The Bertz CT molecular complexity index is 515. The maximum Gasteiger partial charge on any atom is 0.107 e. The number of hydrogen-bond donors (Lipinski definition) is 1. The minimum atomic E-state index is -0.637. The molecule has 0 aliphatic rings. The van der Waals surface area contributed by atoms with Crippen LogP contribution in [-0.4, -0.2) is 17.8 Å². The summed E-state index contributed by atoms with van der Waals surface area (Å²) in [5.74, 6) is 0. The first-order valence-corrected chi connectivity index (χ1v) is 6.43. The van der Waals surface area contributed by atoms with Crippen LogP contribution in [0, 0.1) is 0 Å². The van der Waals surface area contributed by atoms with E-state index in [-0.39, 0.29) is 0 Å². The van der Waals surface area contributed by atoms with Gasteiger partial charge in [-0.25, -0.2) is 0 Å². The highest BCUT2D eigenvalue weighted by Crippen LogP contribution is 2.29. The highest BCUT2D eigenvalue weighted by molar-refractivity contribution is 5.63. The Hall–Kier alpha value is -1.64. The summed E-state index contributed by atoms with van der Waals surface area (Å²) in [7, 11) is 1.61. The van der Waals surface area contributed by atoms with E-state index < -0.39 is 11.7 Å². The van der Waals surface area contributed by atoms with E-state index in [1.54, 1.807) is 7.11 Å². The number of aliphatic hydroxyl groups excluding tert-OH is 1. The fourth-order valence-corrected chi connectivity index (χ4v) is 2.00. The highest BCUT2D eigenvalue weighted by Gasteiger charge is 2.28. The van der Waals surface area contributed by atoms with Gasteiger partial charge in [0.15, 0.2) is 0 Å². The van der Waals surface area contributed by atoms with Crippen LogP contribution in [-0.2, 0) is 4.74 Å². The maximum absolute atomic E-state index is 10.3. The van der Waals surface area contributed by atoms with Gasteiger partial charge in [0.25, 0.3) is 0 Å². The van der Waals surface area contributed by atoms with Crippen LogP contribution in [0.5, 0.6) is 0 Å². The lowest BCUT2D eigenvalue weighted by Gasteiger charge is -2.29. The zero-order chi connectivity index (χ0) is 13.9. The van der Waals surface area contributed by atoms with E-state index in [4.69, 9.17) is 4.74 Å². The molecule has 1 atom stereocenters. The van der Waals surface area contributed by atoms with Gasteiger partial charge in [-0.1, -0.05) is 54.6 Å². The second-order valence-corrected chi connectivity index (χ2v) is 5.20. The summed E-state index contributed by atoms with van der Waals surface area (Å²) in [6.07, 6.45) is -0.637. The second kappa shape index (κ2) is 5.55. The molecule has 0 aliphatic heterocycles. The monoisotopic (exact) mass is 256 g/mol. The molecule has 0 saturated heterocycles. The van der Waals surface area contributed by atoms with Gasteiger partial charge in [0, 0.05) is 7.11 Å². The molecule has 2 heteroatoms. The fraction of sp³-hybridized carbons (Fsp3) is 0.294. The van der Waals surface area contributed by atoms with Gasteiger partial charge in [-0.2, -0.15) is 0 Å². The summed E-state index contributed by atoms with van der Waals surface area (Å²) in [6, 6.07) is 18.1. The third-order valence-electron chi connectivity index (χ3n) is 3.52. The van der Waals surface area contributed by atoms with Crippen LogP contribution in [0.15, 0.2) is 54.6 Å². The molecule has 0 heterocycles. The van der Waals surface area contributed by atoms with Gasteiger partial charge in [-0.05, 0) is 30.5 Å². The normalized spacial score (nSPS) is 13.3. The molecule has 0 aromatic heterocycles. The van der Waals surface area contributed by atoms with Crippen molar-refractivity contribution in [2.75, 3.05) is 7.11 Å². The SMILES string of the molecule is COC(C)(C)C(O)c1ccc(-c2ccccc2)cc1. The molecule has 0 spiro atoms. The molecule has 1 N–H and O–H groups in total. The van der Waals surface area contributed by atoms with Crippen molar-refractivity contribution in [1.29, 1.82) is 0 Å². The van der Waals surface area contributed by atoms with Crippen LogP contribution < -0.4 is 0 Å². The molecule has 0 fully saturated rings. The molecule has 2 nitrogen and oxygen atoms in total. The molecular formula is C17H20O2. The van der Waals surface area contributed by atoms with Crippen LogP contribution in [0.25, 0.3) is 11.1 Å². The largest absolute Gasteiger partial charge is 0.385 e. The van der Waals surface area contributed by atoms with Gasteiger partial charge < -0.3 is 9.84 Å². The maximum atomic E-state index is 10.3. The first kappa shape index (κ1) is 13.8. The van der Waals surface area contributed by atoms with Crippen LogP contribution in [0.2, 0.25) is 0 Å². The fourth-order valence-electron chi connectivity index (χ4n) is 2.00. The molecule has 0 bridgehead atoms. The van der Waals surface area contributed by atoms with Gasteiger partial charge in [0.2, 0.25) is 0 Å². The molecular weight excluding hydrogens is 236 g/mol. The summed E-state index contributed by atoms with van der Waals surface area (Å²) in [4.78, 5) is 0. The highest BCUT2D eigenvalue weighted by atomic mass is 16.5. The van der Waals surface area contributed by atoms with E-state index in [2.05, 4.69) is 12.1 Å². The minimum Gasteiger partial charge on any atom is -0.385 e. The van der Waals surface area contributed by atoms with E-state index in [9.17, 15) is 5.11 Å². The van der Waals surface area contributed by atoms with Crippen molar-refractivity contribution in [2.24, 2.45) is 0 Å². The predicted molar refractivity (Wildman–Crippen MR) is 77.9 cm³/mol. The van der Waals surface area contributed by atoms with E-state index in [1.807, 2.05) is 56.3 Å². The van der Waals surface area contributed by atoms with Crippen molar-refractivity contribution in [2.45, 2.75) is 25.6 Å². The number of rotatable bonds is 4. The average molecular weight is 256 g/mol. The standard InChI is InChI=1S/C17H20O2/c1-17(2,19-3)16(18)15-11-9-14(10-12-15)13-7-5-4-6-8-13/h4-12,16,18H,1-3H3. The average Bonchev–Trinajstić information content (AvgIpc) is 2.47. The zero-order valence-electron chi connectivity index (χ0n) is 11.6. The van der Waals surface area contributed by atoms with E-state index >= 15 is 0 Å². The van der Waals surface area contributed by atoms with Crippen LogP contribution in [0.1, 0.15) is 25.5 Å². The molecule has 0 aliphatic carbocycles. The molecule has 1 unspecified atom stereocenters. The van der Waals surface area contributed by atoms with Crippen LogP contribution in [0.3, 0.4) is 0 Å². The van der Waals surface area contributed by atoms with Gasteiger partial charge in [-0.3, -0.25) is 0 Å². The molecule has 0 radical (unpaired) electrons.